The number of hydrogen-bond donors (Lipinski definition) is 1. The normalized spacial score (nSPS) is 30.0. The van der Waals surface area contributed by atoms with E-state index in [-0.39, 0.29) is 5.54 Å². The highest BCUT2D eigenvalue weighted by atomic mass is 15.1. The SMILES string of the molecule is CC(C)C1CCN(C[C@H]2CC[C@H](NC(C)(C)C)CC2)CC1. The van der Waals surface area contributed by atoms with Crippen LogP contribution >= 0.6 is 0 Å². The Morgan fingerprint density at radius 2 is 1.52 bits per heavy atom. The molecule has 0 atom stereocenters. The molecule has 0 radical (unpaired) electrons. The Kier molecular flexibility index (Phi) is 6.14. The molecule has 2 aliphatic rings. The number of piperidine rings is 1. The minimum absolute atomic E-state index is 0.274. The van der Waals surface area contributed by atoms with Crippen LogP contribution in [-0.2, 0) is 0 Å². The minimum Gasteiger partial charge on any atom is -0.309 e. The number of rotatable bonds is 4. The van der Waals surface area contributed by atoms with Crippen molar-refractivity contribution in [2.24, 2.45) is 17.8 Å². The molecule has 0 aromatic carbocycles. The Morgan fingerprint density at radius 3 is 2.00 bits per heavy atom. The van der Waals surface area contributed by atoms with Crippen molar-refractivity contribution in [3.63, 3.8) is 0 Å². The summed E-state index contributed by atoms with van der Waals surface area (Å²) in [6.45, 7) is 15.7. The van der Waals surface area contributed by atoms with Gasteiger partial charge in [-0.1, -0.05) is 13.8 Å². The van der Waals surface area contributed by atoms with Crippen molar-refractivity contribution in [2.45, 2.75) is 84.7 Å². The van der Waals surface area contributed by atoms with Crippen LogP contribution in [0.4, 0.5) is 0 Å². The predicted molar refractivity (Wildman–Crippen MR) is 92.6 cm³/mol. The fourth-order valence-corrected chi connectivity index (χ4v) is 4.27. The van der Waals surface area contributed by atoms with Crippen molar-refractivity contribution >= 4 is 0 Å². The van der Waals surface area contributed by atoms with Crippen molar-refractivity contribution < 1.29 is 0 Å². The van der Waals surface area contributed by atoms with E-state index in [1.54, 1.807) is 0 Å². The maximum Gasteiger partial charge on any atom is 0.00990 e. The minimum atomic E-state index is 0.274. The maximum absolute atomic E-state index is 3.79. The van der Waals surface area contributed by atoms with Crippen LogP contribution in [0.2, 0.25) is 0 Å². The van der Waals surface area contributed by atoms with E-state index in [9.17, 15) is 0 Å². The molecule has 2 rings (SSSR count). The summed E-state index contributed by atoms with van der Waals surface area (Å²) in [6, 6.07) is 0.757. The largest absolute Gasteiger partial charge is 0.309 e. The van der Waals surface area contributed by atoms with Gasteiger partial charge in [0.2, 0.25) is 0 Å². The van der Waals surface area contributed by atoms with Crippen molar-refractivity contribution in [2.75, 3.05) is 19.6 Å². The van der Waals surface area contributed by atoms with Gasteiger partial charge in [-0.2, -0.15) is 0 Å². The lowest BCUT2D eigenvalue weighted by atomic mass is 9.83. The molecule has 0 aromatic heterocycles. The first kappa shape index (κ1) is 17.3. The molecule has 2 nitrogen and oxygen atoms in total. The third-order valence-corrected chi connectivity index (χ3v) is 5.58. The van der Waals surface area contributed by atoms with Crippen LogP contribution in [0, 0.1) is 17.8 Å². The predicted octanol–water partition coefficient (Wildman–Crippen LogP) is 4.30. The molecule has 1 heterocycles. The van der Waals surface area contributed by atoms with Gasteiger partial charge >= 0.3 is 0 Å². The summed E-state index contributed by atoms with van der Waals surface area (Å²) in [5.41, 5.74) is 0.274. The van der Waals surface area contributed by atoms with Crippen LogP contribution in [0.5, 0.6) is 0 Å². The first-order chi connectivity index (χ1) is 9.83. The Morgan fingerprint density at radius 1 is 0.952 bits per heavy atom. The van der Waals surface area contributed by atoms with Gasteiger partial charge in [0.15, 0.2) is 0 Å². The van der Waals surface area contributed by atoms with Crippen molar-refractivity contribution in [3.05, 3.63) is 0 Å². The molecule has 0 spiro atoms. The standard InChI is InChI=1S/C19H38N2/c1-15(2)17-10-12-21(13-11-17)14-16-6-8-18(9-7-16)20-19(3,4)5/h15-18,20H,6-14H2,1-5H3/t16-,18-. The monoisotopic (exact) mass is 294 g/mol. The summed E-state index contributed by atoms with van der Waals surface area (Å²) in [6.07, 6.45) is 8.47. The first-order valence-electron chi connectivity index (χ1n) is 9.33. The van der Waals surface area contributed by atoms with Crippen LogP contribution in [0.3, 0.4) is 0 Å². The molecule has 2 fully saturated rings. The summed E-state index contributed by atoms with van der Waals surface area (Å²) < 4.78 is 0. The van der Waals surface area contributed by atoms with Gasteiger partial charge in [0.05, 0.1) is 0 Å². The van der Waals surface area contributed by atoms with Crippen molar-refractivity contribution in [1.82, 2.24) is 10.2 Å². The topological polar surface area (TPSA) is 15.3 Å². The zero-order chi connectivity index (χ0) is 15.5. The second kappa shape index (κ2) is 7.46. The Balaban J connectivity index is 1.65. The van der Waals surface area contributed by atoms with E-state index in [0.717, 1.165) is 23.8 Å². The van der Waals surface area contributed by atoms with Gasteiger partial charge in [-0.05, 0) is 90.1 Å². The molecule has 1 aliphatic heterocycles. The van der Waals surface area contributed by atoms with E-state index < -0.39 is 0 Å². The molecule has 1 saturated carbocycles. The number of nitrogens with one attached hydrogen (secondary N) is 1. The zero-order valence-corrected chi connectivity index (χ0v) is 15.1. The third-order valence-electron chi connectivity index (χ3n) is 5.58. The Labute approximate surface area is 133 Å². The van der Waals surface area contributed by atoms with Gasteiger partial charge < -0.3 is 10.2 Å². The number of nitrogens with zero attached hydrogens (tertiary/aromatic N) is 1. The molecular formula is C19H38N2. The second-order valence-corrected chi connectivity index (χ2v) is 8.99. The van der Waals surface area contributed by atoms with Crippen LogP contribution in [-0.4, -0.2) is 36.1 Å². The second-order valence-electron chi connectivity index (χ2n) is 8.99. The molecule has 0 bridgehead atoms. The van der Waals surface area contributed by atoms with Crippen LogP contribution in [0.1, 0.15) is 73.1 Å². The van der Waals surface area contributed by atoms with E-state index in [2.05, 4.69) is 44.8 Å². The highest BCUT2D eigenvalue weighted by Gasteiger charge is 2.27. The average Bonchev–Trinajstić information content (AvgIpc) is 2.40. The molecular weight excluding hydrogens is 256 g/mol. The van der Waals surface area contributed by atoms with E-state index in [1.807, 2.05) is 0 Å². The highest BCUT2D eigenvalue weighted by Crippen LogP contribution is 2.29. The summed E-state index contributed by atoms with van der Waals surface area (Å²) in [5.74, 6) is 2.82. The lowest BCUT2D eigenvalue weighted by Crippen LogP contribution is -2.46. The van der Waals surface area contributed by atoms with Crippen molar-refractivity contribution in [3.8, 4) is 0 Å². The lowest BCUT2D eigenvalue weighted by Gasteiger charge is -2.39. The molecule has 0 unspecified atom stereocenters. The molecule has 1 N–H and O–H groups in total. The van der Waals surface area contributed by atoms with E-state index in [4.69, 9.17) is 0 Å². The Hall–Kier alpha value is -0.0800. The highest BCUT2D eigenvalue weighted by molar-refractivity contribution is 4.84. The molecule has 0 amide bonds. The van der Waals surface area contributed by atoms with E-state index in [1.165, 1.54) is 58.2 Å². The maximum atomic E-state index is 3.79. The fraction of sp³-hybridized carbons (Fsp3) is 1.00. The smallest absolute Gasteiger partial charge is 0.00990 e. The zero-order valence-electron chi connectivity index (χ0n) is 15.1. The van der Waals surface area contributed by atoms with Gasteiger partial charge in [0.25, 0.3) is 0 Å². The van der Waals surface area contributed by atoms with Crippen molar-refractivity contribution in [1.29, 1.82) is 0 Å². The molecule has 2 heteroatoms. The van der Waals surface area contributed by atoms with Gasteiger partial charge in [0, 0.05) is 18.1 Å². The summed E-state index contributed by atoms with van der Waals surface area (Å²) in [4.78, 5) is 2.75. The number of likely N-dealkylation sites (tertiary alicyclic amines) is 1. The van der Waals surface area contributed by atoms with Gasteiger partial charge in [-0.3, -0.25) is 0 Å². The lowest BCUT2D eigenvalue weighted by molar-refractivity contribution is 0.122. The third kappa shape index (κ3) is 5.90. The first-order valence-corrected chi connectivity index (χ1v) is 9.33. The molecule has 1 aliphatic carbocycles. The van der Waals surface area contributed by atoms with Crippen LogP contribution in [0.15, 0.2) is 0 Å². The van der Waals surface area contributed by atoms with Gasteiger partial charge in [0.1, 0.15) is 0 Å². The fourth-order valence-electron chi connectivity index (χ4n) is 4.27. The van der Waals surface area contributed by atoms with Crippen LogP contribution in [0.25, 0.3) is 0 Å². The summed E-state index contributed by atoms with van der Waals surface area (Å²) in [5, 5.41) is 3.79. The van der Waals surface area contributed by atoms with Crippen LogP contribution < -0.4 is 5.32 Å². The van der Waals surface area contributed by atoms with Gasteiger partial charge in [-0.25, -0.2) is 0 Å². The van der Waals surface area contributed by atoms with E-state index >= 15 is 0 Å². The molecule has 21 heavy (non-hydrogen) atoms. The van der Waals surface area contributed by atoms with E-state index in [0.29, 0.717) is 0 Å². The number of hydrogen-bond acceptors (Lipinski definition) is 2. The summed E-state index contributed by atoms with van der Waals surface area (Å²) >= 11 is 0. The molecule has 124 valence electrons. The molecule has 1 saturated heterocycles. The Bertz CT molecular complexity index is 289. The van der Waals surface area contributed by atoms with Gasteiger partial charge in [-0.15, -0.1) is 0 Å². The average molecular weight is 295 g/mol. The molecule has 0 aromatic rings. The summed E-state index contributed by atoms with van der Waals surface area (Å²) in [7, 11) is 0. The quantitative estimate of drug-likeness (QED) is 0.831.